The number of aryl methyl sites for hydroxylation is 2. The lowest BCUT2D eigenvalue weighted by Gasteiger charge is -2.14. The summed E-state index contributed by atoms with van der Waals surface area (Å²) in [6.07, 6.45) is 0. The van der Waals surface area contributed by atoms with Gasteiger partial charge in [0.25, 0.3) is 0 Å². The predicted octanol–water partition coefficient (Wildman–Crippen LogP) is 5.96. The highest BCUT2D eigenvalue weighted by Gasteiger charge is 2.10. The fourth-order valence-electron chi connectivity index (χ4n) is 2.99. The molecule has 0 atom stereocenters. The highest BCUT2D eigenvalue weighted by atomic mass is 16.3. The van der Waals surface area contributed by atoms with Crippen molar-refractivity contribution in [3.05, 3.63) is 76.9 Å². The van der Waals surface area contributed by atoms with E-state index in [1.54, 1.807) is 6.07 Å². The van der Waals surface area contributed by atoms with Gasteiger partial charge in [0.15, 0.2) is 0 Å². The van der Waals surface area contributed by atoms with Crippen LogP contribution in [0.2, 0.25) is 0 Å². The fraction of sp³-hybridized carbons (Fsp3) is 0.182. The summed E-state index contributed by atoms with van der Waals surface area (Å²) in [4.78, 5) is 0. The number of phenols is 1. The van der Waals surface area contributed by atoms with Crippen molar-refractivity contribution < 1.29 is 5.11 Å². The van der Waals surface area contributed by atoms with Gasteiger partial charge in [-0.2, -0.15) is 0 Å². The Morgan fingerprint density at radius 3 is 1.87 bits per heavy atom. The highest BCUT2D eigenvalue weighted by molar-refractivity contribution is 5.76. The first-order valence-corrected chi connectivity index (χ1v) is 7.94. The van der Waals surface area contributed by atoms with E-state index in [4.69, 9.17) is 0 Å². The Hall–Kier alpha value is -2.54. The number of hydrogen-bond acceptors (Lipinski definition) is 1. The minimum Gasteiger partial charge on any atom is -0.508 e. The number of hydrogen-bond donors (Lipinski definition) is 1. The average Bonchev–Trinajstić information content (AvgIpc) is 2.54. The van der Waals surface area contributed by atoms with Crippen LogP contribution in [0, 0.1) is 27.7 Å². The van der Waals surface area contributed by atoms with Crippen LogP contribution in [0.25, 0.3) is 22.3 Å². The molecule has 3 aromatic carbocycles. The quantitative estimate of drug-likeness (QED) is 0.619. The molecule has 1 nitrogen and oxygen atoms in total. The Bertz CT molecular complexity index is 858. The minimum atomic E-state index is 0.361. The Morgan fingerprint density at radius 1 is 0.609 bits per heavy atom. The molecule has 0 aliphatic heterocycles. The Morgan fingerprint density at radius 2 is 1.22 bits per heavy atom. The molecule has 0 bridgehead atoms. The van der Waals surface area contributed by atoms with Gasteiger partial charge in [-0.25, -0.2) is 0 Å². The van der Waals surface area contributed by atoms with E-state index >= 15 is 0 Å². The van der Waals surface area contributed by atoms with E-state index in [2.05, 4.69) is 63.2 Å². The predicted molar refractivity (Wildman–Crippen MR) is 97.9 cm³/mol. The number of phenolic OH excluding ortho intramolecular Hbond substituents is 1. The molecule has 0 saturated heterocycles. The second-order valence-corrected chi connectivity index (χ2v) is 6.28. The second-order valence-electron chi connectivity index (χ2n) is 6.28. The van der Waals surface area contributed by atoms with Gasteiger partial charge in [-0.1, -0.05) is 54.1 Å². The molecule has 3 rings (SSSR count). The van der Waals surface area contributed by atoms with Gasteiger partial charge in [0.2, 0.25) is 0 Å². The van der Waals surface area contributed by atoms with Crippen molar-refractivity contribution in [2.45, 2.75) is 27.7 Å². The maximum Gasteiger partial charge on any atom is 0.118 e. The zero-order chi connectivity index (χ0) is 16.6. The van der Waals surface area contributed by atoms with Gasteiger partial charge < -0.3 is 5.11 Å². The maximum atomic E-state index is 9.86. The molecule has 0 spiro atoms. The third kappa shape index (κ3) is 2.87. The van der Waals surface area contributed by atoms with E-state index < -0.39 is 0 Å². The summed E-state index contributed by atoms with van der Waals surface area (Å²) in [5.41, 5.74) is 9.49. The zero-order valence-corrected chi connectivity index (χ0v) is 14.1. The topological polar surface area (TPSA) is 20.2 Å². The Balaban J connectivity index is 2.07. The summed E-state index contributed by atoms with van der Waals surface area (Å²) in [6, 6.07) is 19.0. The van der Waals surface area contributed by atoms with Crippen LogP contribution in [-0.4, -0.2) is 5.11 Å². The standard InChI is InChI=1S/C22H22O/c1-14-5-7-18(8-6-14)19-9-10-20(15(2)13-19)21-11-12-22(23)17(4)16(21)3/h5-13,23H,1-4H3. The van der Waals surface area contributed by atoms with E-state index in [9.17, 15) is 5.11 Å². The Labute approximate surface area is 138 Å². The zero-order valence-electron chi connectivity index (χ0n) is 14.1. The summed E-state index contributed by atoms with van der Waals surface area (Å²) in [7, 11) is 0. The van der Waals surface area contributed by atoms with Crippen LogP contribution in [0.5, 0.6) is 5.75 Å². The molecule has 1 heteroatoms. The van der Waals surface area contributed by atoms with E-state index in [1.807, 2.05) is 13.0 Å². The van der Waals surface area contributed by atoms with Gasteiger partial charge >= 0.3 is 0 Å². The SMILES string of the molecule is Cc1ccc(-c2ccc(-c3ccc(O)c(C)c3C)c(C)c2)cc1. The molecule has 0 aliphatic rings. The van der Waals surface area contributed by atoms with Crippen molar-refractivity contribution in [1.82, 2.24) is 0 Å². The van der Waals surface area contributed by atoms with Crippen LogP contribution >= 0.6 is 0 Å². The Kier molecular flexibility index (Phi) is 3.96. The lowest BCUT2D eigenvalue weighted by Crippen LogP contribution is -1.91. The second kappa shape index (κ2) is 5.92. The third-order valence-electron chi connectivity index (χ3n) is 4.66. The summed E-state index contributed by atoms with van der Waals surface area (Å²) in [5.74, 6) is 0.361. The highest BCUT2D eigenvalue weighted by Crippen LogP contribution is 2.34. The molecule has 0 aromatic heterocycles. The van der Waals surface area contributed by atoms with E-state index in [0.29, 0.717) is 5.75 Å². The van der Waals surface area contributed by atoms with Gasteiger partial charge in [-0.05, 0) is 72.7 Å². The summed E-state index contributed by atoms with van der Waals surface area (Å²) < 4.78 is 0. The molecule has 1 N–H and O–H groups in total. The van der Waals surface area contributed by atoms with Crippen LogP contribution in [0.4, 0.5) is 0 Å². The van der Waals surface area contributed by atoms with Crippen molar-refractivity contribution in [3.8, 4) is 28.0 Å². The van der Waals surface area contributed by atoms with Crippen molar-refractivity contribution in [3.63, 3.8) is 0 Å². The molecular weight excluding hydrogens is 280 g/mol. The minimum absolute atomic E-state index is 0.361. The number of rotatable bonds is 2. The van der Waals surface area contributed by atoms with E-state index in [0.717, 1.165) is 11.1 Å². The van der Waals surface area contributed by atoms with Gasteiger partial charge in [0.1, 0.15) is 5.75 Å². The van der Waals surface area contributed by atoms with Crippen molar-refractivity contribution in [2.24, 2.45) is 0 Å². The van der Waals surface area contributed by atoms with Gasteiger partial charge in [-0.15, -0.1) is 0 Å². The van der Waals surface area contributed by atoms with Crippen LogP contribution < -0.4 is 0 Å². The maximum absolute atomic E-state index is 9.86. The molecular formula is C22H22O. The summed E-state index contributed by atoms with van der Waals surface area (Å²) >= 11 is 0. The molecule has 23 heavy (non-hydrogen) atoms. The van der Waals surface area contributed by atoms with Crippen molar-refractivity contribution in [1.29, 1.82) is 0 Å². The summed E-state index contributed by atoms with van der Waals surface area (Å²) in [6.45, 7) is 8.28. The monoisotopic (exact) mass is 302 g/mol. The molecule has 0 heterocycles. The average molecular weight is 302 g/mol. The molecule has 116 valence electrons. The first kappa shape index (κ1) is 15.4. The molecule has 0 aliphatic carbocycles. The lowest BCUT2D eigenvalue weighted by molar-refractivity contribution is 0.470. The number of aromatic hydroxyl groups is 1. The first-order valence-electron chi connectivity index (χ1n) is 7.94. The largest absolute Gasteiger partial charge is 0.508 e. The van der Waals surface area contributed by atoms with E-state index in [-0.39, 0.29) is 0 Å². The molecule has 0 saturated carbocycles. The molecule has 3 aromatic rings. The van der Waals surface area contributed by atoms with Crippen molar-refractivity contribution >= 4 is 0 Å². The van der Waals surface area contributed by atoms with Crippen LogP contribution in [0.15, 0.2) is 54.6 Å². The van der Waals surface area contributed by atoms with Gasteiger partial charge in [0, 0.05) is 0 Å². The molecule has 0 amide bonds. The number of benzene rings is 3. The van der Waals surface area contributed by atoms with Crippen molar-refractivity contribution in [2.75, 3.05) is 0 Å². The van der Waals surface area contributed by atoms with Crippen LogP contribution in [0.1, 0.15) is 22.3 Å². The molecule has 0 fully saturated rings. The van der Waals surface area contributed by atoms with Gasteiger partial charge in [-0.3, -0.25) is 0 Å². The first-order chi connectivity index (χ1) is 11.0. The molecule has 0 radical (unpaired) electrons. The molecule has 0 unspecified atom stereocenters. The van der Waals surface area contributed by atoms with Crippen LogP contribution in [-0.2, 0) is 0 Å². The van der Waals surface area contributed by atoms with E-state index in [1.165, 1.54) is 33.4 Å². The summed E-state index contributed by atoms with van der Waals surface area (Å²) in [5, 5.41) is 9.86. The third-order valence-corrected chi connectivity index (χ3v) is 4.66. The fourth-order valence-corrected chi connectivity index (χ4v) is 2.99. The lowest BCUT2D eigenvalue weighted by atomic mass is 9.91. The smallest absolute Gasteiger partial charge is 0.118 e. The normalized spacial score (nSPS) is 10.8. The van der Waals surface area contributed by atoms with Crippen LogP contribution in [0.3, 0.4) is 0 Å². The van der Waals surface area contributed by atoms with Gasteiger partial charge in [0.05, 0.1) is 0 Å².